The Morgan fingerprint density at radius 2 is 1.75 bits per heavy atom. The number of carbonyl (C=O) groups is 1. The second kappa shape index (κ2) is 8.24. The average molecular weight is 430 g/mol. The van der Waals surface area contributed by atoms with E-state index < -0.39 is 0 Å². The van der Waals surface area contributed by atoms with Crippen molar-refractivity contribution >= 4 is 22.6 Å². The standard InChI is InChI=1S/C25H27N5O2/c1-3-27-12-14-28(15-13-27)25(32)21-16-20-23(30(21)17-19-9-5-4-6-10-19)26-22-18(2)8-7-11-29(22)24(20)31/h4-11,16H,3,12-15,17H2,1-2H3. The molecule has 32 heavy (non-hydrogen) atoms. The van der Waals surface area contributed by atoms with Gasteiger partial charge in [-0.25, -0.2) is 4.98 Å². The van der Waals surface area contributed by atoms with Crippen molar-refractivity contribution in [3.05, 3.63) is 81.9 Å². The number of amides is 1. The molecule has 0 spiro atoms. The van der Waals surface area contributed by atoms with Gasteiger partial charge in [0.2, 0.25) is 0 Å². The van der Waals surface area contributed by atoms with Crippen molar-refractivity contribution in [3.63, 3.8) is 0 Å². The number of benzene rings is 1. The zero-order valence-corrected chi connectivity index (χ0v) is 18.5. The minimum absolute atomic E-state index is 0.0418. The van der Waals surface area contributed by atoms with Gasteiger partial charge in [0.1, 0.15) is 17.0 Å². The van der Waals surface area contributed by atoms with Crippen LogP contribution in [0.5, 0.6) is 0 Å². The molecule has 4 aromatic rings. The molecule has 1 aromatic carbocycles. The van der Waals surface area contributed by atoms with E-state index >= 15 is 0 Å². The minimum atomic E-state index is -0.148. The van der Waals surface area contributed by atoms with E-state index in [0.717, 1.165) is 30.8 Å². The van der Waals surface area contributed by atoms with Gasteiger partial charge in [-0.3, -0.25) is 14.0 Å². The van der Waals surface area contributed by atoms with Crippen molar-refractivity contribution < 1.29 is 4.79 Å². The molecule has 3 aromatic heterocycles. The van der Waals surface area contributed by atoms with Crippen LogP contribution in [0.25, 0.3) is 16.7 Å². The number of carbonyl (C=O) groups excluding carboxylic acids is 1. The molecule has 0 atom stereocenters. The molecule has 5 rings (SSSR count). The lowest BCUT2D eigenvalue weighted by Gasteiger charge is -2.34. The van der Waals surface area contributed by atoms with E-state index in [4.69, 9.17) is 4.98 Å². The fourth-order valence-electron chi connectivity index (χ4n) is 4.49. The summed E-state index contributed by atoms with van der Waals surface area (Å²) in [6.07, 6.45) is 1.73. The van der Waals surface area contributed by atoms with Crippen molar-refractivity contribution in [1.82, 2.24) is 23.8 Å². The third-order valence-electron chi connectivity index (χ3n) is 6.40. The van der Waals surface area contributed by atoms with E-state index in [9.17, 15) is 9.59 Å². The molecule has 7 nitrogen and oxygen atoms in total. The van der Waals surface area contributed by atoms with Crippen molar-refractivity contribution in [2.75, 3.05) is 32.7 Å². The summed E-state index contributed by atoms with van der Waals surface area (Å²) in [5.74, 6) is -0.0418. The van der Waals surface area contributed by atoms with Crippen LogP contribution in [0.1, 0.15) is 28.5 Å². The monoisotopic (exact) mass is 429 g/mol. The molecule has 1 saturated heterocycles. The first kappa shape index (κ1) is 20.5. The average Bonchev–Trinajstić information content (AvgIpc) is 3.19. The number of aromatic nitrogens is 3. The molecule has 0 radical (unpaired) electrons. The van der Waals surface area contributed by atoms with E-state index in [1.165, 1.54) is 0 Å². The van der Waals surface area contributed by atoms with Gasteiger partial charge >= 0.3 is 0 Å². The Morgan fingerprint density at radius 1 is 1.00 bits per heavy atom. The largest absolute Gasteiger partial charge is 0.335 e. The zero-order valence-electron chi connectivity index (χ0n) is 18.5. The van der Waals surface area contributed by atoms with Gasteiger partial charge in [-0.2, -0.15) is 0 Å². The van der Waals surface area contributed by atoms with E-state index in [1.54, 1.807) is 16.7 Å². The molecule has 1 fully saturated rings. The quantitative estimate of drug-likeness (QED) is 0.501. The molecule has 0 bridgehead atoms. The van der Waals surface area contributed by atoms with Gasteiger partial charge in [-0.1, -0.05) is 43.3 Å². The van der Waals surface area contributed by atoms with Crippen LogP contribution in [0.2, 0.25) is 0 Å². The molecular formula is C25H27N5O2. The van der Waals surface area contributed by atoms with Crippen LogP contribution in [0.4, 0.5) is 0 Å². The lowest BCUT2D eigenvalue weighted by atomic mass is 10.2. The Balaban J connectivity index is 1.67. The number of hydrogen-bond donors (Lipinski definition) is 0. The minimum Gasteiger partial charge on any atom is -0.335 e. The number of aryl methyl sites for hydroxylation is 1. The number of hydrogen-bond acceptors (Lipinski definition) is 4. The van der Waals surface area contributed by atoms with E-state index in [-0.39, 0.29) is 11.5 Å². The van der Waals surface area contributed by atoms with Crippen LogP contribution in [-0.4, -0.2) is 62.4 Å². The van der Waals surface area contributed by atoms with Crippen molar-refractivity contribution in [2.45, 2.75) is 20.4 Å². The van der Waals surface area contributed by atoms with Gasteiger partial charge in [-0.05, 0) is 36.7 Å². The molecule has 1 aliphatic rings. The maximum Gasteiger partial charge on any atom is 0.270 e. The highest BCUT2D eigenvalue weighted by Gasteiger charge is 2.26. The Kier molecular flexibility index (Phi) is 5.27. The predicted octanol–water partition coefficient (Wildman–Crippen LogP) is 2.78. The smallest absolute Gasteiger partial charge is 0.270 e. The predicted molar refractivity (Wildman–Crippen MR) is 125 cm³/mol. The molecule has 164 valence electrons. The van der Waals surface area contributed by atoms with Crippen LogP contribution in [-0.2, 0) is 6.54 Å². The third kappa shape index (κ3) is 3.48. The summed E-state index contributed by atoms with van der Waals surface area (Å²) in [5, 5.41) is 0.472. The highest BCUT2D eigenvalue weighted by Crippen LogP contribution is 2.21. The van der Waals surface area contributed by atoms with Gasteiger partial charge in [-0.15, -0.1) is 0 Å². The number of pyridine rings is 1. The van der Waals surface area contributed by atoms with Crippen molar-refractivity contribution in [1.29, 1.82) is 0 Å². The Labute approximate surface area is 186 Å². The van der Waals surface area contributed by atoms with Gasteiger partial charge < -0.3 is 14.4 Å². The number of fused-ring (bicyclic) bond motifs is 2. The fourth-order valence-corrected chi connectivity index (χ4v) is 4.49. The summed E-state index contributed by atoms with van der Waals surface area (Å²) in [4.78, 5) is 36.0. The summed E-state index contributed by atoms with van der Waals surface area (Å²) in [5.41, 5.74) is 3.53. The Hall–Kier alpha value is -3.45. The van der Waals surface area contributed by atoms with Crippen LogP contribution < -0.4 is 5.56 Å². The molecule has 0 saturated carbocycles. The third-order valence-corrected chi connectivity index (χ3v) is 6.40. The van der Waals surface area contributed by atoms with E-state index in [1.807, 2.05) is 58.9 Å². The lowest BCUT2D eigenvalue weighted by molar-refractivity contribution is 0.0633. The summed E-state index contributed by atoms with van der Waals surface area (Å²) in [6.45, 7) is 8.66. The molecule has 1 aliphatic heterocycles. The zero-order chi connectivity index (χ0) is 22.2. The maximum atomic E-state index is 13.6. The van der Waals surface area contributed by atoms with E-state index in [2.05, 4.69) is 11.8 Å². The maximum absolute atomic E-state index is 13.6. The molecule has 7 heteroatoms. The molecule has 0 N–H and O–H groups in total. The van der Waals surface area contributed by atoms with Gasteiger partial charge in [0.15, 0.2) is 0 Å². The van der Waals surface area contributed by atoms with Crippen molar-refractivity contribution in [3.8, 4) is 0 Å². The molecule has 0 unspecified atom stereocenters. The first-order valence-electron chi connectivity index (χ1n) is 11.1. The lowest BCUT2D eigenvalue weighted by Crippen LogP contribution is -2.48. The summed E-state index contributed by atoms with van der Waals surface area (Å²) < 4.78 is 3.48. The van der Waals surface area contributed by atoms with Crippen molar-refractivity contribution in [2.24, 2.45) is 0 Å². The Morgan fingerprint density at radius 3 is 2.47 bits per heavy atom. The first-order valence-corrected chi connectivity index (χ1v) is 11.1. The number of rotatable bonds is 4. The highest BCUT2D eigenvalue weighted by molar-refractivity contribution is 5.98. The first-order chi connectivity index (χ1) is 15.6. The fraction of sp³-hybridized carbons (Fsp3) is 0.320. The van der Waals surface area contributed by atoms with Gasteiger partial charge in [0.25, 0.3) is 11.5 Å². The Bertz CT molecular complexity index is 1350. The summed E-state index contributed by atoms with van der Waals surface area (Å²) in [7, 11) is 0. The topological polar surface area (TPSA) is 62.9 Å². The molecule has 4 heterocycles. The summed E-state index contributed by atoms with van der Waals surface area (Å²) >= 11 is 0. The van der Waals surface area contributed by atoms with E-state index in [0.29, 0.717) is 42.0 Å². The normalized spacial score (nSPS) is 15.0. The SMILES string of the molecule is CCN1CCN(C(=O)c2cc3c(=O)n4cccc(C)c4nc3n2Cc2ccccc2)CC1. The van der Waals surface area contributed by atoms with Crippen LogP contribution >= 0.6 is 0 Å². The molecule has 1 amide bonds. The van der Waals surface area contributed by atoms with Crippen LogP contribution in [0.15, 0.2) is 59.5 Å². The van der Waals surface area contributed by atoms with Crippen LogP contribution in [0.3, 0.4) is 0 Å². The number of nitrogens with zero attached hydrogens (tertiary/aromatic N) is 5. The highest BCUT2D eigenvalue weighted by atomic mass is 16.2. The summed E-state index contributed by atoms with van der Waals surface area (Å²) in [6, 6.07) is 15.5. The molecule has 0 aliphatic carbocycles. The van der Waals surface area contributed by atoms with Crippen LogP contribution in [0, 0.1) is 6.92 Å². The van der Waals surface area contributed by atoms with Gasteiger partial charge in [0.05, 0.1) is 5.39 Å². The number of piperazine rings is 1. The molecular weight excluding hydrogens is 402 g/mol. The van der Waals surface area contributed by atoms with Gasteiger partial charge in [0, 0.05) is 38.9 Å². The number of likely N-dealkylation sites (N-methyl/N-ethyl adjacent to an activating group) is 1. The second-order valence-corrected chi connectivity index (χ2v) is 8.37. The second-order valence-electron chi connectivity index (χ2n) is 8.37.